The van der Waals surface area contributed by atoms with Crippen molar-refractivity contribution in [1.29, 1.82) is 0 Å². The topological polar surface area (TPSA) is 100 Å². The van der Waals surface area contributed by atoms with Crippen molar-refractivity contribution in [3.63, 3.8) is 0 Å². The van der Waals surface area contributed by atoms with Crippen LogP contribution in [0, 0.1) is 0 Å². The van der Waals surface area contributed by atoms with Crippen LogP contribution in [-0.2, 0) is 4.79 Å². The Hall–Kier alpha value is -2.80. The average molecular weight is 336 g/mol. The van der Waals surface area contributed by atoms with Crippen LogP contribution in [0.1, 0.15) is 27.3 Å². The molecule has 0 aliphatic rings. The number of halogens is 1. The number of furan rings is 1. The van der Waals surface area contributed by atoms with E-state index in [4.69, 9.17) is 16.0 Å². The zero-order valence-electron chi connectivity index (χ0n) is 12.0. The lowest BCUT2D eigenvalue weighted by Crippen LogP contribution is -2.42. The molecule has 0 aliphatic heterocycles. The second-order valence-corrected chi connectivity index (χ2v) is 4.87. The number of hydrogen-bond donors (Lipinski definition) is 3. The normalized spacial score (nSPS) is 9.96. The van der Waals surface area contributed by atoms with E-state index in [1.807, 2.05) is 0 Å². The number of hydrogen-bond acceptors (Lipinski definition) is 4. The molecule has 2 rings (SSSR count). The minimum atomic E-state index is -0.524. The van der Waals surface area contributed by atoms with Crippen LogP contribution in [0.2, 0.25) is 5.02 Å². The summed E-state index contributed by atoms with van der Waals surface area (Å²) in [5.41, 5.74) is 4.75. The maximum absolute atomic E-state index is 11.8. The number of carbonyl (C=O) groups is 3. The summed E-state index contributed by atoms with van der Waals surface area (Å²) in [7, 11) is 0. The number of carbonyl (C=O) groups excluding carboxylic acids is 3. The lowest BCUT2D eigenvalue weighted by atomic mass is 10.2. The van der Waals surface area contributed by atoms with Crippen LogP contribution in [-0.4, -0.2) is 24.3 Å². The standard InChI is InChI=1S/C15H14ClN3O4/c16-11-5-2-1-4-10(11)14(21)19-18-13(20)7-8-17-15(22)12-6-3-9-23-12/h1-6,9H,7-8H2,(H,17,22)(H,18,20)(H,19,21). The van der Waals surface area contributed by atoms with Gasteiger partial charge in [0, 0.05) is 13.0 Å². The third kappa shape index (κ3) is 4.86. The highest BCUT2D eigenvalue weighted by Gasteiger charge is 2.11. The molecule has 0 aliphatic carbocycles. The Morgan fingerprint density at radius 1 is 1.00 bits per heavy atom. The number of nitrogens with one attached hydrogen (secondary N) is 3. The SMILES string of the molecule is O=C(CCNC(=O)c1ccco1)NNC(=O)c1ccccc1Cl. The van der Waals surface area contributed by atoms with Crippen LogP contribution in [0.25, 0.3) is 0 Å². The largest absolute Gasteiger partial charge is 0.459 e. The van der Waals surface area contributed by atoms with E-state index in [0.29, 0.717) is 0 Å². The molecule has 3 N–H and O–H groups in total. The monoisotopic (exact) mass is 335 g/mol. The predicted molar refractivity (Wildman–Crippen MR) is 82.7 cm³/mol. The molecule has 1 heterocycles. The smallest absolute Gasteiger partial charge is 0.286 e. The van der Waals surface area contributed by atoms with E-state index in [1.165, 1.54) is 18.4 Å². The van der Waals surface area contributed by atoms with E-state index in [9.17, 15) is 14.4 Å². The maximum atomic E-state index is 11.8. The molecular weight excluding hydrogens is 322 g/mol. The molecule has 0 saturated heterocycles. The quantitative estimate of drug-likeness (QED) is 0.721. The number of amides is 3. The van der Waals surface area contributed by atoms with Gasteiger partial charge in [0.15, 0.2) is 5.76 Å². The number of hydrazine groups is 1. The number of benzene rings is 1. The average Bonchev–Trinajstić information content (AvgIpc) is 3.07. The van der Waals surface area contributed by atoms with Gasteiger partial charge in [-0.05, 0) is 24.3 Å². The first kappa shape index (κ1) is 16.6. The van der Waals surface area contributed by atoms with Gasteiger partial charge in [-0.15, -0.1) is 0 Å². The van der Waals surface area contributed by atoms with Gasteiger partial charge in [-0.25, -0.2) is 0 Å². The first-order valence-corrected chi connectivity index (χ1v) is 7.11. The van der Waals surface area contributed by atoms with E-state index < -0.39 is 17.7 Å². The fourth-order valence-corrected chi connectivity index (χ4v) is 1.91. The molecule has 0 spiro atoms. The van der Waals surface area contributed by atoms with E-state index in [-0.39, 0.29) is 29.3 Å². The van der Waals surface area contributed by atoms with Crippen molar-refractivity contribution < 1.29 is 18.8 Å². The van der Waals surface area contributed by atoms with Crippen LogP contribution in [0.15, 0.2) is 47.1 Å². The molecule has 3 amide bonds. The van der Waals surface area contributed by atoms with Crippen LogP contribution in [0.4, 0.5) is 0 Å². The van der Waals surface area contributed by atoms with Crippen molar-refractivity contribution in [1.82, 2.24) is 16.2 Å². The molecule has 1 aromatic heterocycles. The predicted octanol–water partition coefficient (Wildman–Crippen LogP) is 1.51. The van der Waals surface area contributed by atoms with Crippen molar-refractivity contribution in [2.75, 3.05) is 6.54 Å². The fraction of sp³-hybridized carbons (Fsp3) is 0.133. The number of rotatable bonds is 5. The van der Waals surface area contributed by atoms with E-state index >= 15 is 0 Å². The highest BCUT2D eigenvalue weighted by molar-refractivity contribution is 6.33. The maximum Gasteiger partial charge on any atom is 0.286 e. The molecule has 0 bridgehead atoms. The third-order valence-corrected chi connectivity index (χ3v) is 3.15. The molecule has 0 fully saturated rings. The molecule has 0 atom stereocenters. The zero-order chi connectivity index (χ0) is 16.7. The minimum absolute atomic E-state index is 0.00471. The highest BCUT2D eigenvalue weighted by atomic mass is 35.5. The second kappa shape index (κ2) is 8.00. The molecule has 8 heteroatoms. The van der Waals surface area contributed by atoms with Crippen LogP contribution in [0.5, 0.6) is 0 Å². The van der Waals surface area contributed by atoms with Gasteiger partial charge in [0.2, 0.25) is 5.91 Å². The third-order valence-electron chi connectivity index (χ3n) is 2.82. The lowest BCUT2D eigenvalue weighted by molar-refractivity contribution is -0.121. The summed E-state index contributed by atoms with van der Waals surface area (Å²) in [5.74, 6) is -1.23. The van der Waals surface area contributed by atoms with Crippen molar-refractivity contribution in [3.8, 4) is 0 Å². The summed E-state index contributed by atoms with van der Waals surface area (Å²) >= 11 is 5.87. The van der Waals surface area contributed by atoms with Crippen LogP contribution >= 0.6 is 11.6 Å². The molecule has 0 saturated carbocycles. The Balaban J connectivity index is 1.70. The summed E-state index contributed by atoms with van der Waals surface area (Å²) in [4.78, 5) is 35.0. The first-order chi connectivity index (χ1) is 11.1. The van der Waals surface area contributed by atoms with Gasteiger partial charge in [-0.1, -0.05) is 23.7 Å². The summed E-state index contributed by atoms with van der Waals surface area (Å²) < 4.78 is 4.91. The first-order valence-electron chi connectivity index (χ1n) is 6.73. The van der Waals surface area contributed by atoms with Gasteiger partial charge in [-0.2, -0.15) is 0 Å². The summed E-state index contributed by atoms with van der Waals surface area (Å²) in [6, 6.07) is 9.56. The molecule has 0 unspecified atom stereocenters. The lowest BCUT2D eigenvalue weighted by Gasteiger charge is -2.08. The van der Waals surface area contributed by atoms with Crippen molar-refractivity contribution in [2.24, 2.45) is 0 Å². The van der Waals surface area contributed by atoms with E-state index in [2.05, 4.69) is 16.2 Å². The Morgan fingerprint density at radius 2 is 1.78 bits per heavy atom. The molecule has 2 aromatic rings. The Kier molecular flexibility index (Phi) is 5.76. The molecule has 7 nitrogen and oxygen atoms in total. The Labute approximate surface area is 137 Å². The van der Waals surface area contributed by atoms with Crippen LogP contribution in [0.3, 0.4) is 0 Å². The molecule has 0 radical (unpaired) electrons. The van der Waals surface area contributed by atoms with Gasteiger partial charge < -0.3 is 9.73 Å². The molecular formula is C15H14ClN3O4. The van der Waals surface area contributed by atoms with E-state index in [1.54, 1.807) is 24.3 Å². The van der Waals surface area contributed by atoms with E-state index in [0.717, 1.165) is 0 Å². The second-order valence-electron chi connectivity index (χ2n) is 4.47. The molecule has 23 heavy (non-hydrogen) atoms. The Bertz CT molecular complexity index is 701. The van der Waals surface area contributed by atoms with Crippen molar-refractivity contribution in [3.05, 3.63) is 59.0 Å². The van der Waals surface area contributed by atoms with Crippen molar-refractivity contribution >= 4 is 29.3 Å². The molecule has 120 valence electrons. The summed E-state index contributed by atoms with van der Waals surface area (Å²) in [6.07, 6.45) is 1.38. The minimum Gasteiger partial charge on any atom is -0.459 e. The highest BCUT2D eigenvalue weighted by Crippen LogP contribution is 2.13. The van der Waals surface area contributed by atoms with Gasteiger partial charge in [0.25, 0.3) is 11.8 Å². The fourth-order valence-electron chi connectivity index (χ4n) is 1.69. The molecule has 1 aromatic carbocycles. The van der Waals surface area contributed by atoms with Gasteiger partial charge >= 0.3 is 0 Å². The van der Waals surface area contributed by atoms with Gasteiger partial charge in [-0.3, -0.25) is 25.2 Å². The van der Waals surface area contributed by atoms with Gasteiger partial charge in [0.1, 0.15) is 0 Å². The van der Waals surface area contributed by atoms with Gasteiger partial charge in [0.05, 0.1) is 16.8 Å². The summed E-state index contributed by atoms with van der Waals surface area (Å²) in [6.45, 7) is 0.104. The van der Waals surface area contributed by atoms with Crippen molar-refractivity contribution in [2.45, 2.75) is 6.42 Å². The zero-order valence-corrected chi connectivity index (χ0v) is 12.7. The van der Waals surface area contributed by atoms with Crippen LogP contribution < -0.4 is 16.2 Å². The summed E-state index contributed by atoms with van der Waals surface area (Å²) in [5, 5.41) is 2.80. The Morgan fingerprint density at radius 3 is 2.48 bits per heavy atom.